The van der Waals surface area contributed by atoms with Gasteiger partial charge in [0.2, 0.25) is 0 Å². The third-order valence-corrected chi connectivity index (χ3v) is 7.08. The van der Waals surface area contributed by atoms with Crippen molar-refractivity contribution in [3.63, 3.8) is 0 Å². The van der Waals surface area contributed by atoms with Gasteiger partial charge in [0, 0.05) is 24.1 Å². The van der Waals surface area contributed by atoms with E-state index in [1.807, 2.05) is 0 Å². The Morgan fingerprint density at radius 2 is 1.11 bits per heavy atom. The molecule has 0 aliphatic carbocycles. The lowest BCUT2D eigenvalue weighted by Gasteiger charge is -2.27. The van der Waals surface area contributed by atoms with Gasteiger partial charge in [-0.2, -0.15) is 52.0 Å². The predicted molar refractivity (Wildman–Crippen MR) is 105 cm³/mol. The van der Waals surface area contributed by atoms with Crippen LogP contribution >= 0.6 is 24.1 Å². The van der Waals surface area contributed by atoms with E-state index in [2.05, 4.69) is 37.8 Å². The number of hydrogen-bond donors (Lipinski definition) is 0. The molecule has 0 radical (unpaired) electrons. The lowest BCUT2D eigenvalue weighted by Crippen LogP contribution is -2.53. The van der Waals surface area contributed by atoms with E-state index in [1.165, 1.54) is 0 Å². The Kier molecular flexibility index (Phi) is 12.9. The number of ether oxygens (including phenoxy) is 4. The quantitative estimate of drug-likeness (QED) is 0.0658. The van der Waals surface area contributed by atoms with Gasteiger partial charge in [0.25, 0.3) is 11.7 Å². The molecule has 0 aromatic heterocycles. The van der Waals surface area contributed by atoms with Crippen LogP contribution in [-0.4, -0.2) is 81.3 Å². The van der Waals surface area contributed by atoms with Crippen LogP contribution in [0.25, 0.3) is 0 Å². The maximum Gasteiger partial charge on any atom is 0.454 e. The summed E-state index contributed by atoms with van der Waals surface area (Å²) in [4.78, 5) is 10.5. The molecule has 0 spiro atoms. The molecule has 5 unspecified atom stereocenters. The molecule has 5 atom stereocenters. The second-order valence-electron chi connectivity index (χ2n) is 7.41. The molecule has 0 bridgehead atoms. The average Bonchev–Trinajstić information content (AvgIpc) is 3.20. The summed E-state index contributed by atoms with van der Waals surface area (Å²) in [5.74, 6) is -33.0. The fourth-order valence-electron chi connectivity index (χ4n) is 2.71. The van der Waals surface area contributed by atoms with E-state index in [1.54, 1.807) is 0 Å². The van der Waals surface area contributed by atoms with Crippen molar-refractivity contribution in [2.24, 2.45) is 0 Å². The van der Waals surface area contributed by atoms with E-state index in [0.29, 0.717) is 0 Å². The molecule has 2 aliphatic rings. The molecule has 2 heterocycles. The number of halogens is 14. The van der Waals surface area contributed by atoms with Crippen LogP contribution in [0.1, 0.15) is 0 Å². The van der Waals surface area contributed by atoms with Gasteiger partial charge < -0.3 is 9.47 Å². The van der Waals surface area contributed by atoms with Gasteiger partial charge in [-0.05, 0) is 19.2 Å². The summed E-state index contributed by atoms with van der Waals surface area (Å²) >= 11 is -0.945. The number of alkyl halides is 7. The molecule has 0 N–H and O–H groups in total. The third-order valence-electron chi connectivity index (χ3n) is 4.37. The molecule has 2 rings (SSSR count). The van der Waals surface area contributed by atoms with Crippen molar-refractivity contribution in [1.29, 1.82) is 0 Å². The highest BCUT2D eigenvalue weighted by Gasteiger charge is 2.81. The minimum atomic E-state index is -6.24. The first-order valence-corrected chi connectivity index (χ1v) is 14.4. The van der Waals surface area contributed by atoms with E-state index in [4.69, 9.17) is 0 Å². The second kappa shape index (κ2) is 14.0. The van der Waals surface area contributed by atoms with Crippen LogP contribution in [-0.2, 0) is 63.0 Å². The number of carbonyl (C=O) groups is 1. The van der Waals surface area contributed by atoms with Crippen LogP contribution < -0.4 is 0 Å². The van der Waals surface area contributed by atoms with Gasteiger partial charge in [0.1, 0.15) is 11.5 Å². The van der Waals surface area contributed by atoms with Gasteiger partial charge in [0.15, 0.2) is 5.75 Å². The van der Waals surface area contributed by atoms with Gasteiger partial charge >= 0.3 is 62.2 Å². The minimum Gasteiger partial charge on any atom is -0.416 e. The fourth-order valence-corrected chi connectivity index (χ4v) is 5.17. The van der Waals surface area contributed by atoms with Crippen molar-refractivity contribution < 1.29 is 120 Å². The lowest BCUT2D eigenvalue weighted by atomic mass is 10.2. The highest BCUT2D eigenvalue weighted by Crippen LogP contribution is 2.55. The van der Waals surface area contributed by atoms with Crippen molar-refractivity contribution in [2.45, 2.75) is 35.4 Å². The highest BCUT2D eigenvalue weighted by atomic mass is 32.3. The van der Waals surface area contributed by atoms with Gasteiger partial charge in [-0.25, -0.2) is 8.78 Å². The highest BCUT2D eigenvalue weighted by molar-refractivity contribution is 7.94. The van der Waals surface area contributed by atoms with E-state index in [-0.39, 0.29) is 12.0 Å². The first kappa shape index (κ1) is 40.4. The van der Waals surface area contributed by atoms with Crippen LogP contribution in [0.3, 0.4) is 0 Å². The molecule has 13 nitrogen and oxygen atoms in total. The van der Waals surface area contributed by atoms with Crippen LogP contribution in [0.15, 0.2) is 12.0 Å². The Morgan fingerprint density at radius 1 is 0.727 bits per heavy atom. The molecule has 0 aromatic carbocycles. The van der Waals surface area contributed by atoms with Crippen molar-refractivity contribution in [1.82, 2.24) is 0 Å². The van der Waals surface area contributed by atoms with Crippen LogP contribution in [0.4, 0.5) is 60.7 Å². The largest absolute Gasteiger partial charge is 0.454 e. The summed E-state index contributed by atoms with van der Waals surface area (Å²) in [6.45, 7) is 0. The molecule has 0 saturated carbocycles. The Bertz CT molecular complexity index is 1290. The molecule has 2 saturated heterocycles. The second-order valence-corrected chi connectivity index (χ2v) is 11.5. The normalized spacial score (nSPS) is 32.5. The smallest absolute Gasteiger partial charge is 0.416 e. The van der Waals surface area contributed by atoms with E-state index in [0.717, 1.165) is 0 Å². The molecular weight excluding hydrogens is 758 g/mol. The lowest BCUT2D eigenvalue weighted by molar-refractivity contribution is -0.360. The summed E-state index contributed by atoms with van der Waals surface area (Å²) in [7, 11) is -11.7. The molecule has 44 heavy (non-hydrogen) atoms. The molecule has 0 amide bonds. The topological polar surface area (TPSA) is 159 Å². The number of rotatable bonds is 13. The Hall–Kier alpha value is -1.61. The summed E-state index contributed by atoms with van der Waals surface area (Å²) in [5.41, 5.74) is 0. The summed E-state index contributed by atoms with van der Waals surface area (Å²) in [6.07, 6.45) is -9.07. The molecular formula is C13H8F14O13S4. The number of carbonyl (C=O) groups excluding carboxylic acids is 1. The van der Waals surface area contributed by atoms with E-state index >= 15 is 0 Å². The van der Waals surface area contributed by atoms with Gasteiger partial charge in [0.05, 0.1) is 5.75 Å². The van der Waals surface area contributed by atoms with Crippen LogP contribution in [0, 0.1) is 0 Å². The molecule has 0 aromatic rings. The van der Waals surface area contributed by atoms with Crippen molar-refractivity contribution >= 4 is 50.6 Å². The minimum absolute atomic E-state index is 0.311. The Labute approximate surface area is 241 Å². The summed E-state index contributed by atoms with van der Waals surface area (Å²) < 4.78 is 242. The van der Waals surface area contributed by atoms with Crippen molar-refractivity contribution in [3.8, 4) is 0 Å². The van der Waals surface area contributed by atoms with Gasteiger partial charge in [-0.3, -0.25) is 14.3 Å². The summed E-state index contributed by atoms with van der Waals surface area (Å²) in [6, 6.07) is -3.61. The maximum absolute atomic E-state index is 14.3. The Morgan fingerprint density at radius 3 is 1.48 bits per heavy atom. The molecule has 2 aliphatic heterocycles. The van der Waals surface area contributed by atoms with Crippen LogP contribution in [0.5, 0.6) is 0 Å². The third kappa shape index (κ3) is 9.46. The zero-order valence-corrected chi connectivity index (χ0v) is 22.8. The first-order chi connectivity index (χ1) is 19.7. The van der Waals surface area contributed by atoms with E-state index < -0.39 is 109 Å². The SMILES string of the molecule is O=C(F)C1(C(F)(F)F)OC(F)(CSOOF)C(F)(CS(=O)(=O)F)O1.O=S(=O)(F)CC1(F)OC(=C(F)F)OC1(F)CSOOF. The maximum atomic E-state index is 14.3. The predicted octanol–water partition coefficient (Wildman–Crippen LogP) is 4.11. The van der Waals surface area contributed by atoms with Gasteiger partial charge in [-0.1, -0.05) is 0 Å². The molecule has 260 valence electrons. The Balaban J connectivity index is 0.000000447. The van der Waals surface area contributed by atoms with Crippen molar-refractivity contribution in [3.05, 3.63) is 12.0 Å². The standard InChI is InChI=1S/C7H4F8O7S2.C6H4F6O6S2/c8-3(16)6(7(11,12)13)19-4(9,1-23-22-21-14)5(10,20-6)2-24(15,17)18;7-3(8)4-15-5(9,1-19-18-17-11)6(10,16-4)2-20(12,13)14/h1-2H2;1-2H2. The monoisotopic (exact) mass is 766 g/mol. The zero-order valence-electron chi connectivity index (χ0n) is 19.6. The van der Waals surface area contributed by atoms with Crippen LogP contribution in [0.2, 0.25) is 0 Å². The van der Waals surface area contributed by atoms with Crippen molar-refractivity contribution in [2.75, 3.05) is 23.0 Å². The zero-order chi connectivity index (χ0) is 34.6. The summed E-state index contributed by atoms with van der Waals surface area (Å²) in [5, 5.41) is 4.92. The van der Waals surface area contributed by atoms with Gasteiger partial charge in [-0.15, -0.1) is 16.4 Å². The fraction of sp³-hybridized carbons (Fsp3) is 0.769. The average molecular weight is 766 g/mol. The van der Waals surface area contributed by atoms with E-state index in [9.17, 15) is 82.4 Å². The first-order valence-electron chi connectivity index (χ1n) is 9.50. The molecule has 2 fully saturated rings. The molecule has 31 heteroatoms. The number of hydrogen-bond acceptors (Lipinski definition) is 15.